The van der Waals surface area contributed by atoms with E-state index in [9.17, 15) is 0 Å². The Morgan fingerprint density at radius 1 is 0.262 bits per heavy atom. The summed E-state index contributed by atoms with van der Waals surface area (Å²) in [5, 5.41) is 7.84. The highest BCUT2D eigenvalue weighted by Crippen LogP contribution is 2.50. The number of anilines is 3. The van der Waals surface area contributed by atoms with E-state index < -0.39 is 0 Å². The second-order valence-corrected chi connectivity index (χ2v) is 17.7. The van der Waals surface area contributed by atoms with E-state index in [1.54, 1.807) is 0 Å². The molecule has 286 valence electrons. The van der Waals surface area contributed by atoms with Crippen LogP contribution in [0.5, 0.6) is 0 Å². The number of hydrogen-bond acceptors (Lipinski definition) is 3. The Morgan fingerprint density at radius 3 is 1.34 bits per heavy atom. The van der Waals surface area contributed by atoms with E-state index in [1.165, 1.54) is 95.6 Å². The summed E-state index contributed by atoms with van der Waals surface area (Å²) in [6, 6.07) is 82.2. The minimum Gasteiger partial charge on any atom is -0.311 e. The van der Waals surface area contributed by atoms with Gasteiger partial charge in [-0.05, 0) is 98.4 Å². The molecule has 2 heterocycles. The zero-order chi connectivity index (χ0) is 40.3. The highest BCUT2D eigenvalue weighted by atomic mass is 32.1. The topological polar surface area (TPSA) is 3.24 Å². The van der Waals surface area contributed by atoms with Crippen LogP contribution >= 0.6 is 22.7 Å². The van der Waals surface area contributed by atoms with E-state index in [-0.39, 0.29) is 0 Å². The van der Waals surface area contributed by atoms with Gasteiger partial charge in [0.25, 0.3) is 0 Å². The lowest BCUT2D eigenvalue weighted by molar-refractivity contribution is 1.28. The third kappa shape index (κ3) is 6.04. The number of rotatable bonds is 7. The maximum Gasteiger partial charge on any atom is 0.0462 e. The van der Waals surface area contributed by atoms with Crippen LogP contribution in [-0.4, -0.2) is 0 Å². The third-order valence-electron chi connectivity index (χ3n) is 12.1. The van der Waals surface area contributed by atoms with Gasteiger partial charge in [0.05, 0.1) is 0 Å². The number of hydrogen-bond donors (Lipinski definition) is 0. The zero-order valence-electron chi connectivity index (χ0n) is 33.1. The van der Waals surface area contributed by atoms with Crippen LogP contribution < -0.4 is 4.90 Å². The summed E-state index contributed by atoms with van der Waals surface area (Å²) < 4.78 is 5.31. The Labute approximate surface area is 362 Å². The molecule has 0 fully saturated rings. The van der Waals surface area contributed by atoms with Gasteiger partial charge in [0, 0.05) is 62.8 Å². The molecule has 0 unspecified atom stereocenters. The van der Waals surface area contributed by atoms with Crippen LogP contribution in [0.2, 0.25) is 0 Å². The van der Waals surface area contributed by atoms with Crippen molar-refractivity contribution in [2.75, 3.05) is 4.90 Å². The fraction of sp³-hybridized carbons (Fsp3) is 0. The van der Waals surface area contributed by atoms with Gasteiger partial charge in [-0.25, -0.2) is 0 Å². The molecular weight excluding hydrogens is 775 g/mol. The lowest BCUT2D eigenvalue weighted by Gasteiger charge is -2.26. The van der Waals surface area contributed by atoms with Gasteiger partial charge in [-0.2, -0.15) is 0 Å². The van der Waals surface area contributed by atoms with Crippen LogP contribution in [0.4, 0.5) is 17.1 Å². The maximum absolute atomic E-state index is 2.38. The molecule has 0 bridgehead atoms. The van der Waals surface area contributed by atoms with Crippen molar-refractivity contribution in [2.24, 2.45) is 0 Å². The Balaban J connectivity index is 1.01. The number of nitrogens with zero attached hydrogens (tertiary/aromatic N) is 1. The Bertz CT molecular complexity index is 3550. The molecule has 0 aliphatic rings. The number of fused-ring (bicyclic) bond motifs is 8. The Morgan fingerprint density at radius 2 is 0.689 bits per heavy atom. The van der Waals surface area contributed by atoms with Crippen LogP contribution in [-0.2, 0) is 0 Å². The van der Waals surface area contributed by atoms with Gasteiger partial charge in [0.1, 0.15) is 0 Å². The molecular formula is C58H37NS2. The second kappa shape index (κ2) is 14.8. The molecule has 0 saturated heterocycles. The van der Waals surface area contributed by atoms with Gasteiger partial charge in [0.15, 0.2) is 0 Å². The molecule has 0 radical (unpaired) electrons. The van der Waals surface area contributed by atoms with E-state index in [0.29, 0.717) is 0 Å². The van der Waals surface area contributed by atoms with Crippen molar-refractivity contribution in [3.8, 4) is 44.5 Å². The lowest BCUT2D eigenvalue weighted by Crippen LogP contribution is -2.09. The fourth-order valence-corrected chi connectivity index (χ4v) is 11.7. The summed E-state index contributed by atoms with van der Waals surface area (Å²) in [7, 11) is 0. The maximum atomic E-state index is 2.38. The van der Waals surface area contributed by atoms with E-state index in [1.807, 2.05) is 22.7 Å². The van der Waals surface area contributed by atoms with Crippen molar-refractivity contribution >= 4 is 90.9 Å². The minimum atomic E-state index is 1.10. The molecule has 12 aromatic rings. The fourth-order valence-electron chi connectivity index (χ4n) is 9.26. The van der Waals surface area contributed by atoms with Gasteiger partial charge >= 0.3 is 0 Å². The van der Waals surface area contributed by atoms with Gasteiger partial charge in [-0.3, -0.25) is 0 Å². The van der Waals surface area contributed by atoms with E-state index in [4.69, 9.17) is 0 Å². The lowest BCUT2D eigenvalue weighted by atomic mass is 9.86. The molecule has 0 saturated carbocycles. The van der Waals surface area contributed by atoms with Gasteiger partial charge in [0.2, 0.25) is 0 Å². The molecule has 3 heteroatoms. The van der Waals surface area contributed by atoms with Crippen LogP contribution in [0, 0.1) is 0 Å². The average Bonchev–Trinajstić information content (AvgIpc) is 3.92. The average molecular weight is 812 g/mol. The minimum absolute atomic E-state index is 1.10. The largest absolute Gasteiger partial charge is 0.311 e. The monoisotopic (exact) mass is 811 g/mol. The zero-order valence-corrected chi connectivity index (χ0v) is 34.8. The van der Waals surface area contributed by atoms with E-state index >= 15 is 0 Å². The van der Waals surface area contributed by atoms with Crippen LogP contribution in [0.1, 0.15) is 0 Å². The summed E-state index contributed by atoms with van der Waals surface area (Å²) in [4.78, 5) is 2.38. The summed E-state index contributed by atoms with van der Waals surface area (Å²) in [6.07, 6.45) is 0. The Hall–Kier alpha value is -7.30. The molecule has 0 spiro atoms. The molecule has 61 heavy (non-hydrogen) atoms. The van der Waals surface area contributed by atoms with Crippen LogP contribution in [0.25, 0.3) is 95.6 Å². The predicted molar refractivity (Wildman–Crippen MR) is 266 cm³/mol. The highest BCUT2D eigenvalue weighted by molar-refractivity contribution is 7.27. The van der Waals surface area contributed by atoms with Gasteiger partial charge in [-0.1, -0.05) is 176 Å². The molecule has 2 aromatic heterocycles. The molecule has 0 aliphatic carbocycles. The van der Waals surface area contributed by atoms with Crippen molar-refractivity contribution < 1.29 is 0 Å². The molecule has 0 N–H and O–H groups in total. The third-order valence-corrected chi connectivity index (χ3v) is 14.5. The van der Waals surface area contributed by atoms with Crippen molar-refractivity contribution in [3.05, 3.63) is 224 Å². The van der Waals surface area contributed by atoms with Crippen molar-refractivity contribution in [2.45, 2.75) is 0 Å². The van der Waals surface area contributed by atoms with Crippen LogP contribution in [0.15, 0.2) is 224 Å². The smallest absolute Gasteiger partial charge is 0.0462 e. The molecule has 10 aromatic carbocycles. The standard InChI is InChI=1S/C58H37NS2/c1-3-14-38(15-4-1)39-26-32-43(33-27-39)59(44-34-28-40(29-35-44)46-22-13-23-49-47-18-9-11-24-52(47)60-57(46)49)45-36-30-42(31-37-45)54-48-19-7-8-20-50(48)58-56(51-21-10-12-25-53(51)61-58)55(54)41-16-5-2-6-17-41/h1-37H. The first-order valence-electron chi connectivity index (χ1n) is 20.7. The Kier molecular flexibility index (Phi) is 8.62. The first-order valence-corrected chi connectivity index (χ1v) is 22.4. The number of thiophene rings is 2. The quantitative estimate of drug-likeness (QED) is 0.155. The first kappa shape index (κ1) is 35.6. The second-order valence-electron chi connectivity index (χ2n) is 15.6. The van der Waals surface area contributed by atoms with Crippen LogP contribution in [0.3, 0.4) is 0 Å². The highest BCUT2D eigenvalue weighted by Gasteiger charge is 2.22. The number of benzene rings is 10. The van der Waals surface area contributed by atoms with E-state index in [0.717, 1.165) is 17.1 Å². The molecule has 12 rings (SSSR count). The normalized spacial score (nSPS) is 11.6. The summed E-state index contributed by atoms with van der Waals surface area (Å²) in [5.41, 5.74) is 13.2. The van der Waals surface area contributed by atoms with Crippen molar-refractivity contribution in [1.82, 2.24) is 0 Å². The molecule has 0 aliphatic heterocycles. The SMILES string of the molecule is c1ccc(-c2ccc(N(c3ccc(-c4c(-c5ccccc5)c5c6ccccc6sc5c5ccccc45)cc3)c3ccc(-c4cccc5c4sc4ccccc45)cc3)cc2)cc1. The summed E-state index contributed by atoms with van der Waals surface area (Å²) in [6.45, 7) is 0. The van der Waals surface area contributed by atoms with Gasteiger partial charge < -0.3 is 4.90 Å². The van der Waals surface area contributed by atoms with Crippen molar-refractivity contribution in [3.63, 3.8) is 0 Å². The van der Waals surface area contributed by atoms with Crippen molar-refractivity contribution in [1.29, 1.82) is 0 Å². The molecule has 0 amide bonds. The molecule has 0 atom stereocenters. The molecule has 1 nitrogen and oxygen atoms in total. The summed E-state index contributed by atoms with van der Waals surface area (Å²) >= 11 is 3.78. The van der Waals surface area contributed by atoms with E-state index in [2.05, 4.69) is 229 Å². The summed E-state index contributed by atoms with van der Waals surface area (Å²) in [5.74, 6) is 0. The van der Waals surface area contributed by atoms with Gasteiger partial charge in [-0.15, -0.1) is 22.7 Å². The first-order chi connectivity index (χ1) is 30.3. The predicted octanol–water partition coefficient (Wildman–Crippen LogP) is 17.7.